The number of hydrogen-bond acceptors (Lipinski definition) is 5. The Balaban J connectivity index is 2.16. The van der Waals surface area contributed by atoms with E-state index >= 15 is 0 Å². The summed E-state index contributed by atoms with van der Waals surface area (Å²) in [5.41, 5.74) is 5.69. The number of nitrogens with zero attached hydrogens (tertiary/aromatic N) is 2. The Kier molecular flexibility index (Phi) is 3.77. The molecular formula is C12H15N3O4. The lowest BCUT2D eigenvalue weighted by molar-refractivity contribution is -0.385. The highest BCUT2D eigenvalue weighted by Crippen LogP contribution is 2.25. The number of benzene rings is 1. The molecule has 19 heavy (non-hydrogen) atoms. The van der Waals surface area contributed by atoms with E-state index in [1.807, 2.05) is 4.90 Å². The van der Waals surface area contributed by atoms with Gasteiger partial charge in [0.05, 0.1) is 4.92 Å². The lowest BCUT2D eigenvalue weighted by atomic mass is 9.99. The average molecular weight is 265 g/mol. The smallest absolute Gasteiger partial charge is 0.274 e. The number of carbonyl (C=O) groups excluding carboxylic acids is 1. The molecule has 1 aliphatic rings. The zero-order valence-electron chi connectivity index (χ0n) is 10.3. The second-order valence-corrected chi connectivity index (χ2v) is 4.71. The number of aliphatic hydroxyl groups excluding tert-OH is 1. The molecule has 0 saturated carbocycles. The van der Waals surface area contributed by atoms with Gasteiger partial charge in [0.25, 0.3) is 5.69 Å². The van der Waals surface area contributed by atoms with Gasteiger partial charge in [-0.15, -0.1) is 0 Å². The molecule has 1 aromatic rings. The molecule has 1 saturated heterocycles. The van der Waals surface area contributed by atoms with Crippen LogP contribution >= 0.6 is 0 Å². The SMILES string of the molecule is NC(=O)c1ccc(CN2CC(CO)C2)c([N+](=O)[O-])c1. The number of carbonyl (C=O) groups is 1. The van der Waals surface area contributed by atoms with Crippen LogP contribution in [0, 0.1) is 16.0 Å². The zero-order chi connectivity index (χ0) is 14.0. The van der Waals surface area contributed by atoms with Crippen LogP contribution in [-0.4, -0.2) is 40.5 Å². The predicted octanol–water partition coefficient (Wildman–Crippen LogP) is 0.118. The van der Waals surface area contributed by atoms with Crippen molar-refractivity contribution >= 4 is 11.6 Å². The maximum absolute atomic E-state index is 11.0. The second kappa shape index (κ2) is 5.33. The van der Waals surface area contributed by atoms with Crippen LogP contribution in [0.15, 0.2) is 18.2 Å². The maximum atomic E-state index is 11.0. The number of rotatable bonds is 5. The van der Waals surface area contributed by atoms with Crippen molar-refractivity contribution in [2.75, 3.05) is 19.7 Å². The quantitative estimate of drug-likeness (QED) is 0.580. The summed E-state index contributed by atoms with van der Waals surface area (Å²) in [5.74, 6) is -0.428. The van der Waals surface area contributed by atoms with E-state index in [4.69, 9.17) is 10.8 Å². The first kappa shape index (κ1) is 13.4. The fraction of sp³-hybridized carbons (Fsp3) is 0.417. The summed E-state index contributed by atoms with van der Waals surface area (Å²) >= 11 is 0. The number of primary amides is 1. The first-order chi connectivity index (χ1) is 9.01. The van der Waals surface area contributed by atoms with E-state index in [2.05, 4.69) is 0 Å². The number of nitro groups is 1. The second-order valence-electron chi connectivity index (χ2n) is 4.71. The van der Waals surface area contributed by atoms with Gasteiger partial charge in [0, 0.05) is 49.4 Å². The lowest BCUT2D eigenvalue weighted by Crippen LogP contribution is -2.47. The van der Waals surface area contributed by atoms with E-state index in [0.717, 1.165) is 13.1 Å². The molecule has 0 spiro atoms. The third-order valence-corrected chi connectivity index (χ3v) is 3.25. The summed E-state index contributed by atoms with van der Waals surface area (Å²) in [5, 5.41) is 19.9. The Hall–Kier alpha value is -1.99. The first-order valence-corrected chi connectivity index (χ1v) is 5.91. The molecule has 0 aliphatic carbocycles. The molecule has 7 heteroatoms. The van der Waals surface area contributed by atoms with Crippen molar-refractivity contribution in [3.63, 3.8) is 0 Å². The van der Waals surface area contributed by atoms with Crippen LogP contribution in [0.5, 0.6) is 0 Å². The summed E-state index contributed by atoms with van der Waals surface area (Å²) in [7, 11) is 0. The Morgan fingerprint density at radius 3 is 2.74 bits per heavy atom. The Morgan fingerprint density at radius 1 is 1.53 bits per heavy atom. The molecule has 1 heterocycles. The molecule has 3 N–H and O–H groups in total. The molecule has 0 atom stereocenters. The van der Waals surface area contributed by atoms with Crippen LogP contribution < -0.4 is 5.73 Å². The Morgan fingerprint density at radius 2 is 2.21 bits per heavy atom. The Bertz CT molecular complexity index is 512. The molecule has 7 nitrogen and oxygen atoms in total. The first-order valence-electron chi connectivity index (χ1n) is 5.91. The van der Waals surface area contributed by atoms with Crippen molar-refractivity contribution in [2.45, 2.75) is 6.54 Å². The Labute approximate surface area is 109 Å². The number of hydrogen-bond donors (Lipinski definition) is 2. The fourth-order valence-electron chi connectivity index (χ4n) is 2.18. The van der Waals surface area contributed by atoms with Crippen molar-refractivity contribution in [1.29, 1.82) is 0 Å². The van der Waals surface area contributed by atoms with E-state index in [9.17, 15) is 14.9 Å². The van der Waals surface area contributed by atoms with E-state index in [0.29, 0.717) is 12.1 Å². The van der Waals surface area contributed by atoms with Gasteiger partial charge in [0.15, 0.2) is 0 Å². The predicted molar refractivity (Wildman–Crippen MR) is 67.5 cm³/mol. The number of likely N-dealkylation sites (tertiary alicyclic amines) is 1. The number of aliphatic hydroxyl groups is 1. The number of amides is 1. The van der Waals surface area contributed by atoms with Crippen molar-refractivity contribution in [3.05, 3.63) is 39.4 Å². The van der Waals surface area contributed by atoms with Crippen LogP contribution in [0.1, 0.15) is 15.9 Å². The summed E-state index contributed by atoms with van der Waals surface area (Å²) in [6.07, 6.45) is 0. The standard InChI is InChI=1S/C12H15N3O4/c13-12(17)9-1-2-10(11(3-9)15(18)19)6-14-4-8(5-14)7-16/h1-3,8,16H,4-7H2,(H2,13,17). The normalized spacial score (nSPS) is 16.1. The highest BCUT2D eigenvalue weighted by atomic mass is 16.6. The van der Waals surface area contributed by atoms with Crippen molar-refractivity contribution < 1.29 is 14.8 Å². The molecule has 2 rings (SSSR count). The minimum atomic E-state index is -0.682. The molecular weight excluding hydrogens is 250 g/mol. The van der Waals surface area contributed by atoms with Gasteiger partial charge in [-0.1, -0.05) is 6.07 Å². The molecule has 1 aliphatic heterocycles. The van der Waals surface area contributed by atoms with Crippen molar-refractivity contribution in [3.8, 4) is 0 Å². The van der Waals surface area contributed by atoms with E-state index in [1.54, 1.807) is 6.07 Å². The maximum Gasteiger partial charge on any atom is 0.274 e. The largest absolute Gasteiger partial charge is 0.396 e. The summed E-state index contributed by atoms with van der Waals surface area (Å²) in [6.45, 7) is 2.03. The van der Waals surface area contributed by atoms with Gasteiger partial charge in [0.2, 0.25) is 5.91 Å². The third-order valence-electron chi connectivity index (χ3n) is 3.25. The van der Waals surface area contributed by atoms with Crippen molar-refractivity contribution in [1.82, 2.24) is 4.90 Å². The highest BCUT2D eigenvalue weighted by Gasteiger charge is 2.28. The number of nitro benzene ring substituents is 1. The van der Waals surface area contributed by atoms with E-state index in [-0.39, 0.29) is 23.8 Å². The zero-order valence-corrected chi connectivity index (χ0v) is 10.3. The van der Waals surface area contributed by atoms with Gasteiger partial charge in [-0.3, -0.25) is 19.8 Å². The van der Waals surface area contributed by atoms with Crippen LogP contribution in [-0.2, 0) is 6.54 Å². The molecule has 1 aromatic carbocycles. The number of nitrogens with two attached hydrogens (primary N) is 1. The molecule has 1 fully saturated rings. The van der Waals surface area contributed by atoms with Crippen LogP contribution in [0.2, 0.25) is 0 Å². The molecule has 0 aromatic heterocycles. The fourth-order valence-corrected chi connectivity index (χ4v) is 2.18. The molecule has 0 bridgehead atoms. The summed E-state index contributed by atoms with van der Waals surface area (Å²) in [6, 6.07) is 4.26. The van der Waals surface area contributed by atoms with Crippen LogP contribution in [0.4, 0.5) is 5.69 Å². The van der Waals surface area contributed by atoms with Gasteiger partial charge < -0.3 is 10.8 Å². The monoisotopic (exact) mass is 265 g/mol. The molecule has 0 unspecified atom stereocenters. The van der Waals surface area contributed by atoms with Crippen LogP contribution in [0.3, 0.4) is 0 Å². The molecule has 102 valence electrons. The topological polar surface area (TPSA) is 110 Å². The lowest BCUT2D eigenvalue weighted by Gasteiger charge is -2.38. The van der Waals surface area contributed by atoms with Gasteiger partial charge in [-0.25, -0.2) is 0 Å². The van der Waals surface area contributed by atoms with Gasteiger partial charge in [0.1, 0.15) is 0 Å². The average Bonchev–Trinajstić information content (AvgIpc) is 2.32. The minimum absolute atomic E-state index is 0.0938. The van der Waals surface area contributed by atoms with Crippen molar-refractivity contribution in [2.24, 2.45) is 11.7 Å². The van der Waals surface area contributed by atoms with Gasteiger partial charge in [-0.2, -0.15) is 0 Å². The summed E-state index contributed by atoms with van der Waals surface area (Å²) < 4.78 is 0. The van der Waals surface area contributed by atoms with Gasteiger partial charge >= 0.3 is 0 Å². The minimum Gasteiger partial charge on any atom is -0.396 e. The highest BCUT2D eigenvalue weighted by molar-refractivity contribution is 5.93. The summed E-state index contributed by atoms with van der Waals surface area (Å²) in [4.78, 5) is 23.5. The van der Waals surface area contributed by atoms with Gasteiger partial charge in [-0.05, 0) is 6.07 Å². The molecule has 1 amide bonds. The van der Waals surface area contributed by atoms with E-state index in [1.165, 1.54) is 12.1 Å². The molecule has 0 radical (unpaired) electrons. The van der Waals surface area contributed by atoms with Crippen LogP contribution in [0.25, 0.3) is 0 Å². The van der Waals surface area contributed by atoms with E-state index < -0.39 is 10.8 Å². The third kappa shape index (κ3) is 2.88.